The van der Waals surface area contributed by atoms with Crippen LogP contribution < -0.4 is 0 Å². The van der Waals surface area contributed by atoms with Gasteiger partial charge in [0.25, 0.3) is 0 Å². The first-order valence-electron chi connectivity index (χ1n) is 7.51. The van der Waals surface area contributed by atoms with E-state index in [0.717, 1.165) is 0 Å². The quantitative estimate of drug-likeness (QED) is 0.669. The molecule has 114 valence electrons. The van der Waals surface area contributed by atoms with Crippen LogP contribution in [-0.2, 0) is 16.0 Å². The van der Waals surface area contributed by atoms with Crippen molar-refractivity contribution in [1.82, 2.24) is 0 Å². The zero-order valence-corrected chi connectivity index (χ0v) is 12.8. The molecular formula is C17H22O4. The lowest BCUT2D eigenvalue weighted by Crippen LogP contribution is -2.49. The zero-order chi connectivity index (χ0) is 15.7. The van der Waals surface area contributed by atoms with Crippen molar-refractivity contribution in [2.45, 2.75) is 57.7 Å². The van der Waals surface area contributed by atoms with Crippen molar-refractivity contribution in [3.05, 3.63) is 35.4 Å². The van der Waals surface area contributed by atoms with Gasteiger partial charge in [-0.3, -0.25) is 4.79 Å². The van der Waals surface area contributed by atoms with Gasteiger partial charge in [-0.15, -0.1) is 0 Å². The van der Waals surface area contributed by atoms with Crippen LogP contribution in [0.2, 0.25) is 0 Å². The second-order valence-electron chi connectivity index (χ2n) is 5.66. The van der Waals surface area contributed by atoms with Gasteiger partial charge in [-0.1, -0.05) is 45.0 Å². The Kier molecular flexibility index (Phi) is 4.19. The van der Waals surface area contributed by atoms with Crippen LogP contribution in [0.4, 0.5) is 0 Å². The molecule has 1 aliphatic carbocycles. The number of esters is 1. The zero-order valence-electron chi connectivity index (χ0n) is 12.8. The number of aliphatic hydroxyl groups is 1. The number of carbonyl (C=O) groups excluding carboxylic acids is 2. The third-order valence-corrected chi connectivity index (χ3v) is 4.66. The highest BCUT2D eigenvalue weighted by Crippen LogP contribution is 2.34. The molecule has 0 saturated carbocycles. The lowest BCUT2D eigenvalue weighted by molar-refractivity contribution is -0.177. The van der Waals surface area contributed by atoms with Gasteiger partial charge in [-0.25, -0.2) is 4.79 Å². The summed E-state index contributed by atoms with van der Waals surface area (Å²) in [5.41, 5.74) is -1.58. The molecule has 0 saturated heterocycles. The van der Waals surface area contributed by atoms with Crippen LogP contribution in [0.1, 0.15) is 56.0 Å². The molecule has 21 heavy (non-hydrogen) atoms. The van der Waals surface area contributed by atoms with Gasteiger partial charge in [-0.05, 0) is 24.8 Å². The van der Waals surface area contributed by atoms with Crippen molar-refractivity contribution in [2.24, 2.45) is 0 Å². The first kappa shape index (κ1) is 15.7. The molecule has 0 radical (unpaired) electrons. The Hall–Kier alpha value is -1.68. The van der Waals surface area contributed by atoms with Gasteiger partial charge in [-0.2, -0.15) is 0 Å². The summed E-state index contributed by atoms with van der Waals surface area (Å²) in [5.74, 6) is -1.38. The first-order valence-corrected chi connectivity index (χ1v) is 7.51. The minimum atomic E-state index is -2.07. The number of ether oxygens (including phenoxy) is 1. The van der Waals surface area contributed by atoms with Crippen molar-refractivity contribution in [2.75, 3.05) is 0 Å². The molecule has 0 fully saturated rings. The summed E-state index contributed by atoms with van der Waals surface area (Å²) >= 11 is 0. The standard InChI is InChI=1S/C17H22O4/c1-4-16(5-2,6-3)21-15(19)17(20)11-12-9-7-8-10-13(12)14(17)18/h7-10,20H,4-6,11H2,1-3H3/t17-/m0/s1. The fraction of sp³-hybridized carbons (Fsp3) is 0.529. The van der Waals surface area contributed by atoms with Gasteiger partial charge in [0.2, 0.25) is 11.4 Å². The maximum Gasteiger partial charge on any atom is 0.347 e. The summed E-state index contributed by atoms with van der Waals surface area (Å²) in [4.78, 5) is 24.8. The second-order valence-corrected chi connectivity index (χ2v) is 5.66. The van der Waals surface area contributed by atoms with Gasteiger partial charge in [0.05, 0.1) is 0 Å². The van der Waals surface area contributed by atoms with Gasteiger partial charge >= 0.3 is 5.97 Å². The molecule has 1 atom stereocenters. The maximum absolute atomic E-state index is 12.4. The number of carbonyl (C=O) groups is 2. The van der Waals surface area contributed by atoms with E-state index in [4.69, 9.17) is 4.74 Å². The molecule has 1 N–H and O–H groups in total. The van der Waals surface area contributed by atoms with Crippen LogP contribution in [0.3, 0.4) is 0 Å². The number of ketones is 1. The summed E-state index contributed by atoms with van der Waals surface area (Å²) in [5, 5.41) is 10.6. The van der Waals surface area contributed by atoms with E-state index >= 15 is 0 Å². The van der Waals surface area contributed by atoms with Crippen LogP contribution in [-0.4, -0.2) is 28.1 Å². The first-order chi connectivity index (χ1) is 9.92. The van der Waals surface area contributed by atoms with Gasteiger partial charge in [0.15, 0.2) is 0 Å². The van der Waals surface area contributed by atoms with E-state index in [9.17, 15) is 14.7 Å². The summed E-state index contributed by atoms with van der Waals surface area (Å²) in [7, 11) is 0. The molecule has 0 spiro atoms. The highest BCUT2D eigenvalue weighted by atomic mass is 16.6. The number of hydrogen-bond acceptors (Lipinski definition) is 4. The SMILES string of the molecule is CCC(CC)(CC)OC(=O)[C@]1(O)Cc2ccccc2C1=O. The lowest BCUT2D eigenvalue weighted by Gasteiger charge is -2.33. The summed E-state index contributed by atoms with van der Waals surface area (Å²) < 4.78 is 5.56. The van der Waals surface area contributed by atoms with E-state index in [0.29, 0.717) is 30.4 Å². The van der Waals surface area contributed by atoms with Gasteiger partial charge < -0.3 is 9.84 Å². The van der Waals surface area contributed by atoms with Crippen molar-refractivity contribution >= 4 is 11.8 Å². The normalized spacial score (nSPS) is 21.2. The van der Waals surface area contributed by atoms with E-state index < -0.39 is 23.0 Å². The second kappa shape index (κ2) is 5.60. The molecule has 0 amide bonds. The van der Waals surface area contributed by atoms with Crippen LogP contribution in [0, 0.1) is 0 Å². The molecule has 0 aromatic heterocycles. The monoisotopic (exact) mass is 290 g/mol. The van der Waals surface area contributed by atoms with Crippen LogP contribution in [0.25, 0.3) is 0 Å². The number of rotatable bonds is 5. The Morgan fingerprint density at radius 1 is 1.24 bits per heavy atom. The molecule has 0 aliphatic heterocycles. The Balaban J connectivity index is 2.27. The molecule has 0 unspecified atom stereocenters. The maximum atomic E-state index is 12.4. The third-order valence-electron chi connectivity index (χ3n) is 4.66. The Morgan fingerprint density at radius 3 is 2.33 bits per heavy atom. The summed E-state index contributed by atoms with van der Waals surface area (Å²) in [6.45, 7) is 5.82. The fourth-order valence-electron chi connectivity index (χ4n) is 2.89. The van der Waals surface area contributed by atoms with Crippen LogP contribution in [0.15, 0.2) is 24.3 Å². The molecule has 1 aliphatic rings. The van der Waals surface area contributed by atoms with Crippen LogP contribution >= 0.6 is 0 Å². The van der Waals surface area contributed by atoms with Crippen molar-refractivity contribution in [3.8, 4) is 0 Å². The van der Waals surface area contributed by atoms with E-state index in [-0.39, 0.29) is 6.42 Å². The fourth-order valence-corrected chi connectivity index (χ4v) is 2.89. The smallest absolute Gasteiger partial charge is 0.347 e. The summed E-state index contributed by atoms with van der Waals surface area (Å²) in [6.07, 6.45) is 1.96. The van der Waals surface area contributed by atoms with Gasteiger partial charge in [0, 0.05) is 12.0 Å². The Bertz CT molecular complexity index is 551. The average molecular weight is 290 g/mol. The molecular weight excluding hydrogens is 268 g/mol. The van der Waals surface area contributed by atoms with Crippen molar-refractivity contribution in [3.63, 3.8) is 0 Å². The largest absolute Gasteiger partial charge is 0.457 e. The molecule has 0 bridgehead atoms. The van der Waals surface area contributed by atoms with Crippen molar-refractivity contribution < 1.29 is 19.4 Å². The molecule has 2 rings (SSSR count). The number of hydrogen-bond donors (Lipinski definition) is 1. The Morgan fingerprint density at radius 2 is 1.81 bits per heavy atom. The topological polar surface area (TPSA) is 63.6 Å². The van der Waals surface area contributed by atoms with Gasteiger partial charge in [0.1, 0.15) is 5.60 Å². The minimum Gasteiger partial charge on any atom is -0.457 e. The molecule has 0 heterocycles. The predicted octanol–water partition coefficient (Wildman–Crippen LogP) is 2.67. The number of Topliss-reactive ketones (excluding diaryl/α,β-unsaturated/α-hetero) is 1. The lowest BCUT2D eigenvalue weighted by atomic mass is 9.92. The number of benzene rings is 1. The van der Waals surface area contributed by atoms with Crippen LogP contribution in [0.5, 0.6) is 0 Å². The number of fused-ring (bicyclic) bond motifs is 1. The van der Waals surface area contributed by atoms with E-state index in [1.807, 2.05) is 20.8 Å². The van der Waals surface area contributed by atoms with Crippen molar-refractivity contribution in [1.29, 1.82) is 0 Å². The molecule has 4 heteroatoms. The van der Waals surface area contributed by atoms with E-state index in [1.54, 1.807) is 24.3 Å². The molecule has 1 aromatic rings. The molecule has 1 aromatic carbocycles. The summed E-state index contributed by atoms with van der Waals surface area (Å²) in [6, 6.07) is 6.90. The highest BCUT2D eigenvalue weighted by molar-refractivity contribution is 6.18. The van der Waals surface area contributed by atoms with E-state index in [2.05, 4.69) is 0 Å². The van der Waals surface area contributed by atoms with E-state index in [1.165, 1.54) is 0 Å². The minimum absolute atomic E-state index is 0.00589. The highest BCUT2D eigenvalue weighted by Gasteiger charge is 2.52. The molecule has 4 nitrogen and oxygen atoms in total. The predicted molar refractivity (Wildman–Crippen MR) is 79.1 cm³/mol. The third kappa shape index (κ3) is 2.48. The average Bonchev–Trinajstić information content (AvgIpc) is 2.78. The Labute approximate surface area is 125 Å².